The van der Waals surface area contributed by atoms with Gasteiger partial charge in [0.25, 0.3) is 5.56 Å². The summed E-state index contributed by atoms with van der Waals surface area (Å²) in [5, 5.41) is 18.1. The van der Waals surface area contributed by atoms with Crippen molar-refractivity contribution in [2.75, 3.05) is 6.79 Å². The van der Waals surface area contributed by atoms with Crippen molar-refractivity contribution < 1.29 is 23.6 Å². The molecule has 6 aromatic rings. The molecular formula is C31H18BrClN4O7. The van der Waals surface area contributed by atoms with E-state index >= 15 is 0 Å². The lowest BCUT2D eigenvalue weighted by molar-refractivity contribution is -0.386. The molecule has 3 heterocycles. The Hall–Kier alpha value is -5.20. The molecule has 1 aliphatic heterocycles. The normalized spacial score (nSPS) is 12.4. The highest BCUT2D eigenvalue weighted by Gasteiger charge is 2.22. The van der Waals surface area contributed by atoms with Crippen LogP contribution in [0.2, 0.25) is 5.02 Å². The molecule has 0 bridgehead atoms. The standard InChI is InChI=1S/C31H18BrClN4O7/c32-20-10-19(29(24(13-20)37(39)40)41-15-17-5-7-26-27(9-17)43-16-42-26)14-34-36-30(35-23-4-2-1-3-22(23)31(36)38)28-12-18-11-21(33)6-8-25(18)44-28/h1-14H,15-16H2. The molecule has 4 aromatic carbocycles. The van der Waals surface area contributed by atoms with Crippen molar-refractivity contribution in [3.63, 3.8) is 0 Å². The lowest BCUT2D eigenvalue weighted by Crippen LogP contribution is -2.20. The lowest BCUT2D eigenvalue weighted by Gasteiger charge is -2.11. The van der Waals surface area contributed by atoms with Gasteiger partial charge in [0, 0.05) is 26.5 Å². The topological polar surface area (TPSA) is 131 Å². The Bertz CT molecular complexity index is 2210. The molecule has 218 valence electrons. The fourth-order valence-corrected chi connectivity index (χ4v) is 5.45. The van der Waals surface area contributed by atoms with Gasteiger partial charge >= 0.3 is 5.69 Å². The van der Waals surface area contributed by atoms with E-state index in [0.29, 0.717) is 48.4 Å². The highest BCUT2D eigenvalue weighted by Crippen LogP contribution is 2.36. The number of benzene rings is 4. The Kier molecular flexibility index (Phi) is 6.99. The second-order valence-electron chi connectivity index (χ2n) is 9.68. The minimum absolute atomic E-state index is 0.00970. The van der Waals surface area contributed by atoms with Crippen molar-refractivity contribution in [2.45, 2.75) is 6.61 Å². The summed E-state index contributed by atoms with van der Waals surface area (Å²) in [6.07, 6.45) is 1.31. The number of nitro groups is 1. The van der Waals surface area contributed by atoms with Gasteiger partial charge in [0.05, 0.1) is 22.0 Å². The molecule has 11 nitrogen and oxygen atoms in total. The van der Waals surface area contributed by atoms with Gasteiger partial charge in [-0.3, -0.25) is 14.9 Å². The van der Waals surface area contributed by atoms with Crippen molar-refractivity contribution in [1.82, 2.24) is 9.66 Å². The zero-order valence-electron chi connectivity index (χ0n) is 22.4. The van der Waals surface area contributed by atoms with E-state index in [9.17, 15) is 14.9 Å². The molecule has 0 aliphatic carbocycles. The molecule has 2 aromatic heterocycles. The number of furan rings is 1. The number of halogens is 2. The van der Waals surface area contributed by atoms with Crippen LogP contribution in [0.1, 0.15) is 11.1 Å². The summed E-state index contributed by atoms with van der Waals surface area (Å²) in [5.41, 5.74) is 1.19. The van der Waals surface area contributed by atoms with Gasteiger partial charge in [0.15, 0.2) is 17.3 Å². The van der Waals surface area contributed by atoms with Crippen LogP contribution in [0.4, 0.5) is 5.69 Å². The molecule has 1 aliphatic rings. The summed E-state index contributed by atoms with van der Waals surface area (Å²) >= 11 is 9.50. The molecular weight excluding hydrogens is 656 g/mol. The molecule has 0 spiro atoms. The minimum atomic E-state index is -0.550. The quantitative estimate of drug-likeness (QED) is 0.0979. The number of fused-ring (bicyclic) bond motifs is 3. The van der Waals surface area contributed by atoms with E-state index in [4.69, 9.17) is 30.2 Å². The van der Waals surface area contributed by atoms with Crippen LogP contribution in [0, 0.1) is 10.1 Å². The maximum atomic E-state index is 13.7. The van der Waals surface area contributed by atoms with Gasteiger partial charge in [-0.25, -0.2) is 4.98 Å². The van der Waals surface area contributed by atoms with Crippen molar-refractivity contribution in [3.05, 3.63) is 120 Å². The van der Waals surface area contributed by atoms with Crippen LogP contribution in [0.25, 0.3) is 33.5 Å². The number of rotatable bonds is 7. The number of hydrogen-bond acceptors (Lipinski definition) is 9. The average Bonchev–Trinajstić information content (AvgIpc) is 3.66. The minimum Gasteiger partial charge on any atom is -0.481 e. The maximum Gasteiger partial charge on any atom is 0.312 e. The second-order valence-corrected chi connectivity index (χ2v) is 11.0. The molecule has 0 fully saturated rings. The molecule has 44 heavy (non-hydrogen) atoms. The van der Waals surface area contributed by atoms with Gasteiger partial charge in [-0.15, -0.1) is 0 Å². The van der Waals surface area contributed by atoms with Crippen LogP contribution in [-0.2, 0) is 6.61 Å². The Morgan fingerprint density at radius 1 is 1.07 bits per heavy atom. The SMILES string of the molecule is O=c1c2ccccc2nc(-c2cc3cc(Cl)ccc3o2)n1N=Cc1cc(Br)cc([N+](=O)[O-])c1OCc1ccc2c(c1)OCO2. The van der Waals surface area contributed by atoms with E-state index in [1.807, 2.05) is 0 Å². The third-order valence-corrected chi connectivity index (χ3v) is 7.54. The van der Waals surface area contributed by atoms with E-state index in [0.717, 1.165) is 4.68 Å². The van der Waals surface area contributed by atoms with Crippen molar-refractivity contribution in [3.8, 4) is 28.8 Å². The zero-order chi connectivity index (χ0) is 30.4. The first-order valence-corrected chi connectivity index (χ1v) is 14.3. The van der Waals surface area contributed by atoms with Gasteiger partial charge in [-0.1, -0.05) is 45.7 Å². The number of aromatic nitrogens is 2. The van der Waals surface area contributed by atoms with Crippen LogP contribution < -0.4 is 19.8 Å². The molecule has 0 amide bonds. The molecule has 0 N–H and O–H groups in total. The summed E-state index contributed by atoms with van der Waals surface area (Å²) in [6.45, 7) is 0.107. The number of para-hydroxylation sites is 1. The van der Waals surface area contributed by atoms with E-state index in [-0.39, 0.29) is 42.0 Å². The van der Waals surface area contributed by atoms with E-state index in [1.54, 1.807) is 72.8 Å². The predicted octanol–water partition coefficient (Wildman–Crippen LogP) is 7.32. The highest BCUT2D eigenvalue weighted by molar-refractivity contribution is 9.10. The van der Waals surface area contributed by atoms with Crippen molar-refractivity contribution >= 4 is 61.3 Å². The van der Waals surface area contributed by atoms with Gasteiger partial charge < -0.3 is 18.6 Å². The van der Waals surface area contributed by atoms with Gasteiger partial charge in [0.2, 0.25) is 18.4 Å². The molecule has 0 saturated carbocycles. The highest BCUT2D eigenvalue weighted by atomic mass is 79.9. The summed E-state index contributed by atoms with van der Waals surface area (Å²) in [6, 6.07) is 21.9. The molecule has 0 unspecified atom stereocenters. The number of hydrogen-bond donors (Lipinski definition) is 0. The van der Waals surface area contributed by atoms with Gasteiger partial charge in [-0.2, -0.15) is 9.78 Å². The van der Waals surface area contributed by atoms with Crippen LogP contribution in [0.5, 0.6) is 17.2 Å². The van der Waals surface area contributed by atoms with Crippen LogP contribution in [0.15, 0.2) is 97.6 Å². The van der Waals surface area contributed by atoms with Crippen molar-refractivity contribution in [2.24, 2.45) is 5.10 Å². The van der Waals surface area contributed by atoms with Gasteiger partial charge in [-0.05, 0) is 60.2 Å². The fourth-order valence-electron chi connectivity index (χ4n) is 4.81. The first-order valence-electron chi connectivity index (χ1n) is 13.1. The van der Waals surface area contributed by atoms with Crippen LogP contribution in [0.3, 0.4) is 0 Å². The fraction of sp³-hybridized carbons (Fsp3) is 0.0645. The zero-order valence-corrected chi connectivity index (χ0v) is 24.7. The monoisotopic (exact) mass is 672 g/mol. The van der Waals surface area contributed by atoms with Crippen LogP contribution >= 0.6 is 27.5 Å². The third kappa shape index (κ3) is 5.14. The molecule has 0 radical (unpaired) electrons. The summed E-state index contributed by atoms with van der Waals surface area (Å²) in [5.74, 6) is 1.53. The second kappa shape index (κ2) is 11.1. The van der Waals surface area contributed by atoms with E-state index < -0.39 is 10.5 Å². The average molecular weight is 674 g/mol. The number of ether oxygens (including phenoxy) is 3. The summed E-state index contributed by atoms with van der Waals surface area (Å²) in [7, 11) is 0. The smallest absolute Gasteiger partial charge is 0.312 e. The number of nitro benzene ring substituents is 1. The van der Waals surface area contributed by atoms with E-state index in [2.05, 4.69) is 26.0 Å². The Morgan fingerprint density at radius 3 is 2.77 bits per heavy atom. The first-order chi connectivity index (χ1) is 21.3. The van der Waals surface area contributed by atoms with Crippen LogP contribution in [-0.4, -0.2) is 27.6 Å². The predicted molar refractivity (Wildman–Crippen MR) is 167 cm³/mol. The Balaban J connectivity index is 1.34. The Labute approximate surface area is 261 Å². The van der Waals surface area contributed by atoms with Gasteiger partial charge in [0.1, 0.15) is 12.2 Å². The third-order valence-electron chi connectivity index (χ3n) is 6.84. The van der Waals surface area contributed by atoms with E-state index in [1.165, 1.54) is 12.3 Å². The maximum absolute atomic E-state index is 13.7. The number of nitrogens with zero attached hydrogens (tertiary/aromatic N) is 4. The first kappa shape index (κ1) is 27.6. The largest absolute Gasteiger partial charge is 0.481 e. The summed E-state index contributed by atoms with van der Waals surface area (Å²) in [4.78, 5) is 29.9. The molecule has 0 saturated heterocycles. The summed E-state index contributed by atoms with van der Waals surface area (Å²) < 4.78 is 24.3. The molecule has 13 heteroatoms. The lowest BCUT2D eigenvalue weighted by atomic mass is 10.1. The Morgan fingerprint density at radius 2 is 1.91 bits per heavy atom. The molecule has 7 rings (SSSR count). The van der Waals surface area contributed by atoms with Crippen molar-refractivity contribution in [1.29, 1.82) is 0 Å². The molecule has 0 atom stereocenters.